The lowest BCUT2D eigenvalue weighted by Crippen LogP contribution is -1.91. The summed E-state index contributed by atoms with van der Waals surface area (Å²) in [7, 11) is 0. The molecule has 0 spiro atoms. The molecule has 52 valence electrons. The molecule has 1 saturated carbocycles. The van der Waals surface area contributed by atoms with Gasteiger partial charge in [0.1, 0.15) is 0 Å². The Morgan fingerprint density at radius 2 is 2.00 bits per heavy atom. The Morgan fingerprint density at radius 3 is 2.11 bits per heavy atom. The van der Waals surface area contributed by atoms with Gasteiger partial charge in [0.15, 0.2) is 0 Å². The van der Waals surface area contributed by atoms with Crippen LogP contribution in [0.15, 0.2) is 11.1 Å². The van der Waals surface area contributed by atoms with Crippen molar-refractivity contribution in [3.05, 3.63) is 11.1 Å². The number of rotatable bonds is 2. The Morgan fingerprint density at radius 1 is 1.44 bits per heavy atom. The molecule has 0 aromatic heterocycles. The van der Waals surface area contributed by atoms with Crippen molar-refractivity contribution in [2.75, 3.05) is 0 Å². The molecule has 0 aromatic rings. The normalized spacial score (nSPS) is 16.7. The molecular weight excluding hydrogens is 108 g/mol. The van der Waals surface area contributed by atoms with E-state index in [9.17, 15) is 0 Å². The molecule has 9 heavy (non-hydrogen) atoms. The molecule has 0 heterocycles. The molecule has 0 amide bonds. The summed E-state index contributed by atoms with van der Waals surface area (Å²) in [6, 6.07) is 0. The van der Waals surface area contributed by atoms with Gasteiger partial charge in [0, 0.05) is 0 Å². The van der Waals surface area contributed by atoms with Gasteiger partial charge in [-0.3, -0.25) is 0 Å². The Bertz CT molecular complexity index is 123. The van der Waals surface area contributed by atoms with Gasteiger partial charge in [-0.2, -0.15) is 0 Å². The Hall–Kier alpha value is -0.260. The van der Waals surface area contributed by atoms with Crippen LogP contribution in [0.3, 0.4) is 0 Å². The van der Waals surface area contributed by atoms with Crippen molar-refractivity contribution >= 4 is 0 Å². The monoisotopic (exact) mass is 124 g/mol. The van der Waals surface area contributed by atoms with Gasteiger partial charge in [0.2, 0.25) is 0 Å². The molecule has 1 rings (SSSR count). The summed E-state index contributed by atoms with van der Waals surface area (Å²) < 4.78 is 0. The summed E-state index contributed by atoms with van der Waals surface area (Å²) in [6.45, 7) is 6.86. The lowest BCUT2D eigenvalue weighted by molar-refractivity contribution is 0.727. The van der Waals surface area contributed by atoms with Crippen LogP contribution in [0.4, 0.5) is 0 Å². The third kappa shape index (κ3) is 1.57. The molecule has 0 bridgehead atoms. The lowest BCUT2D eigenvalue weighted by Gasteiger charge is -2.06. The molecule has 1 aliphatic rings. The van der Waals surface area contributed by atoms with E-state index in [2.05, 4.69) is 20.8 Å². The largest absolute Gasteiger partial charge is 0.0701 e. The Kier molecular flexibility index (Phi) is 1.94. The highest BCUT2D eigenvalue weighted by Crippen LogP contribution is 2.35. The summed E-state index contributed by atoms with van der Waals surface area (Å²) in [6.07, 6.45) is 4.05. The smallest absolute Gasteiger partial charge is 0.0258 e. The fraction of sp³-hybridized carbons (Fsp3) is 0.778. The van der Waals surface area contributed by atoms with Crippen molar-refractivity contribution in [3.63, 3.8) is 0 Å². The van der Waals surface area contributed by atoms with Crippen molar-refractivity contribution in [1.82, 2.24) is 0 Å². The van der Waals surface area contributed by atoms with Gasteiger partial charge in [0.25, 0.3) is 0 Å². The maximum absolute atomic E-state index is 2.30. The van der Waals surface area contributed by atoms with Crippen LogP contribution < -0.4 is 0 Å². The number of hydrogen-bond acceptors (Lipinski definition) is 0. The van der Waals surface area contributed by atoms with Crippen molar-refractivity contribution in [1.29, 1.82) is 0 Å². The van der Waals surface area contributed by atoms with Gasteiger partial charge in [-0.25, -0.2) is 0 Å². The zero-order valence-electron chi connectivity index (χ0n) is 6.70. The van der Waals surface area contributed by atoms with Crippen LogP contribution in [0, 0.1) is 5.92 Å². The maximum Gasteiger partial charge on any atom is -0.0258 e. The highest BCUT2D eigenvalue weighted by atomic mass is 14.2. The van der Waals surface area contributed by atoms with Crippen LogP contribution >= 0.6 is 0 Å². The molecule has 0 unspecified atom stereocenters. The molecule has 0 saturated heterocycles. The zero-order chi connectivity index (χ0) is 6.85. The highest BCUT2D eigenvalue weighted by Gasteiger charge is 2.17. The van der Waals surface area contributed by atoms with E-state index in [4.69, 9.17) is 0 Å². The van der Waals surface area contributed by atoms with E-state index >= 15 is 0 Å². The number of hydrogen-bond donors (Lipinski definition) is 0. The Balaban J connectivity index is 2.59. The van der Waals surface area contributed by atoms with E-state index in [0.29, 0.717) is 0 Å². The molecule has 0 aromatic carbocycles. The van der Waals surface area contributed by atoms with E-state index in [-0.39, 0.29) is 0 Å². The molecule has 0 heteroatoms. The zero-order valence-corrected chi connectivity index (χ0v) is 6.70. The predicted molar refractivity (Wildman–Crippen MR) is 41.4 cm³/mol. The molecular formula is C9H16. The van der Waals surface area contributed by atoms with Gasteiger partial charge < -0.3 is 0 Å². The molecule has 0 N–H and O–H groups in total. The molecule has 1 fully saturated rings. The average molecular weight is 124 g/mol. The first-order valence-electron chi connectivity index (χ1n) is 3.96. The molecule has 0 radical (unpaired) electrons. The second-order valence-corrected chi connectivity index (χ2v) is 3.14. The average Bonchev–Trinajstić information content (AvgIpc) is 2.50. The quantitative estimate of drug-likeness (QED) is 0.496. The molecule has 0 atom stereocenters. The Labute approximate surface area is 58.0 Å². The lowest BCUT2D eigenvalue weighted by atomic mass is 10.00. The van der Waals surface area contributed by atoms with Crippen LogP contribution in [-0.2, 0) is 0 Å². The van der Waals surface area contributed by atoms with Crippen molar-refractivity contribution in [3.8, 4) is 0 Å². The SMILES string of the molecule is CCC(=C1CC1)C(C)C. The summed E-state index contributed by atoms with van der Waals surface area (Å²) in [5, 5.41) is 0. The third-order valence-corrected chi connectivity index (χ3v) is 2.03. The van der Waals surface area contributed by atoms with Gasteiger partial charge in [-0.15, -0.1) is 0 Å². The van der Waals surface area contributed by atoms with E-state index < -0.39 is 0 Å². The van der Waals surface area contributed by atoms with Gasteiger partial charge in [-0.1, -0.05) is 31.9 Å². The van der Waals surface area contributed by atoms with E-state index in [0.717, 1.165) is 5.92 Å². The van der Waals surface area contributed by atoms with Crippen LogP contribution in [0.25, 0.3) is 0 Å². The maximum atomic E-state index is 2.30. The fourth-order valence-electron chi connectivity index (χ4n) is 1.45. The van der Waals surface area contributed by atoms with Crippen LogP contribution in [0.5, 0.6) is 0 Å². The van der Waals surface area contributed by atoms with Crippen LogP contribution in [0.1, 0.15) is 40.0 Å². The highest BCUT2D eigenvalue weighted by molar-refractivity contribution is 5.25. The molecule has 0 nitrogen and oxygen atoms in total. The van der Waals surface area contributed by atoms with Gasteiger partial charge in [0.05, 0.1) is 0 Å². The summed E-state index contributed by atoms with van der Waals surface area (Å²) in [5.41, 5.74) is 3.46. The first kappa shape index (κ1) is 6.85. The van der Waals surface area contributed by atoms with Gasteiger partial charge >= 0.3 is 0 Å². The summed E-state index contributed by atoms with van der Waals surface area (Å²) in [5.74, 6) is 0.799. The van der Waals surface area contributed by atoms with Gasteiger partial charge in [-0.05, 0) is 25.2 Å². The standard InChI is InChI=1S/C9H16/c1-4-9(7(2)3)8-5-6-8/h7H,4-6H2,1-3H3. The first-order chi connectivity index (χ1) is 4.25. The fourth-order valence-corrected chi connectivity index (χ4v) is 1.45. The third-order valence-electron chi connectivity index (χ3n) is 2.03. The predicted octanol–water partition coefficient (Wildman–Crippen LogP) is 3.14. The second-order valence-electron chi connectivity index (χ2n) is 3.14. The molecule has 1 aliphatic carbocycles. The van der Waals surface area contributed by atoms with Crippen LogP contribution in [-0.4, -0.2) is 0 Å². The molecule has 0 aliphatic heterocycles. The minimum Gasteiger partial charge on any atom is -0.0701 e. The first-order valence-corrected chi connectivity index (χ1v) is 3.96. The van der Waals surface area contributed by atoms with E-state index in [1.165, 1.54) is 19.3 Å². The van der Waals surface area contributed by atoms with Crippen molar-refractivity contribution in [2.45, 2.75) is 40.0 Å². The van der Waals surface area contributed by atoms with E-state index in [1.807, 2.05) is 0 Å². The summed E-state index contributed by atoms with van der Waals surface area (Å²) in [4.78, 5) is 0. The number of allylic oxidation sites excluding steroid dienone is 2. The minimum atomic E-state index is 0.799. The summed E-state index contributed by atoms with van der Waals surface area (Å²) >= 11 is 0. The topological polar surface area (TPSA) is 0 Å². The van der Waals surface area contributed by atoms with Crippen LogP contribution in [0.2, 0.25) is 0 Å². The van der Waals surface area contributed by atoms with E-state index in [1.54, 1.807) is 11.1 Å². The minimum absolute atomic E-state index is 0.799. The second kappa shape index (κ2) is 2.55. The van der Waals surface area contributed by atoms with Crippen molar-refractivity contribution in [2.24, 2.45) is 5.92 Å². The van der Waals surface area contributed by atoms with Crippen molar-refractivity contribution < 1.29 is 0 Å².